The first kappa shape index (κ1) is 14.5. The summed E-state index contributed by atoms with van der Waals surface area (Å²) in [7, 11) is 0. The number of anilines is 1. The molecular weight excluding hydrogens is 377 g/mol. The fourth-order valence-corrected chi connectivity index (χ4v) is 2.64. The zero-order valence-corrected chi connectivity index (χ0v) is 13.1. The Labute approximate surface area is 127 Å². The summed E-state index contributed by atoms with van der Waals surface area (Å²) in [4.78, 5) is 0. The average molecular weight is 389 g/mol. The van der Waals surface area contributed by atoms with E-state index in [9.17, 15) is 9.50 Å². The molecule has 0 amide bonds. The molecule has 0 aliphatic carbocycles. The van der Waals surface area contributed by atoms with Crippen LogP contribution in [0.3, 0.4) is 0 Å². The van der Waals surface area contributed by atoms with Crippen LogP contribution in [0.1, 0.15) is 17.2 Å². The van der Waals surface area contributed by atoms with Crippen molar-refractivity contribution in [3.63, 3.8) is 0 Å². The molecule has 0 aliphatic rings. The fraction of sp³-hybridized carbons (Fsp3) is 0.143. The molecule has 0 saturated carbocycles. The maximum Gasteiger partial charge on any atom is 0.123 e. The van der Waals surface area contributed by atoms with Crippen molar-refractivity contribution in [2.45, 2.75) is 12.5 Å². The molecule has 0 heterocycles. The second kappa shape index (κ2) is 6.03. The maximum atomic E-state index is 13.2. The third-order valence-corrected chi connectivity index (χ3v) is 4.10. The second-order valence-corrected chi connectivity index (χ2v) is 6.00. The molecule has 1 atom stereocenters. The highest BCUT2D eigenvalue weighted by molar-refractivity contribution is 9.10. The van der Waals surface area contributed by atoms with Crippen LogP contribution in [-0.4, -0.2) is 5.11 Å². The molecule has 2 aromatic rings. The number of nitrogen functional groups attached to an aromatic ring is 1. The van der Waals surface area contributed by atoms with Crippen LogP contribution in [0.5, 0.6) is 0 Å². The number of rotatable bonds is 3. The van der Waals surface area contributed by atoms with E-state index in [4.69, 9.17) is 5.73 Å². The average Bonchev–Trinajstić information content (AvgIpc) is 2.36. The van der Waals surface area contributed by atoms with Crippen LogP contribution in [0.25, 0.3) is 0 Å². The van der Waals surface area contributed by atoms with E-state index in [1.807, 2.05) is 6.07 Å². The number of halogens is 3. The van der Waals surface area contributed by atoms with E-state index >= 15 is 0 Å². The quantitative estimate of drug-likeness (QED) is 0.773. The Morgan fingerprint density at radius 1 is 1.16 bits per heavy atom. The molecule has 2 rings (SSSR count). The smallest absolute Gasteiger partial charge is 0.123 e. The minimum Gasteiger partial charge on any atom is -0.398 e. The van der Waals surface area contributed by atoms with Crippen molar-refractivity contribution in [2.75, 3.05) is 5.73 Å². The van der Waals surface area contributed by atoms with E-state index < -0.39 is 6.10 Å². The minimum absolute atomic E-state index is 0.291. The standard InChI is InChI=1S/C14H12Br2FNO/c15-9-1-4-13(18)11(7-9)14(19)6-8-5-10(17)2-3-12(8)16/h1-5,7,14,19H,6,18H2. The van der Waals surface area contributed by atoms with Crippen LogP contribution in [0, 0.1) is 5.82 Å². The third kappa shape index (κ3) is 3.55. The van der Waals surface area contributed by atoms with Crippen LogP contribution >= 0.6 is 31.9 Å². The lowest BCUT2D eigenvalue weighted by molar-refractivity contribution is 0.179. The number of aliphatic hydroxyl groups excluding tert-OH is 1. The molecule has 0 fully saturated rings. The van der Waals surface area contributed by atoms with E-state index in [1.54, 1.807) is 18.2 Å². The molecule has 100 valence electrons. The lowest BCUT2D eigenvalue weighted by Gasteiger charge is -2.15. The van der Waals surface area contributed by atoms with Gasteiger partial charge >= 0.3 is 0 Å². The van der Waals surface area contributed by atoms with Gasteiger partial charge in [-0.2, -0.15) is 0 Å². The molecule has 1 unspecified atom stereocenters. The van der Waals surface area contributed by atoms with Gasteiger partial charge in [0.05, 0.1) is 6.10 Å². The number of benzene rings is 2. The first-order valence-corrected chi connectivity index (χ1v) is 7.23. The SMILES string of the molecule is Nc1ccc(Br)cc1C(O)Cc1cc(F)ccc1Br. The Hall–Kier alpha value is -0.910. The van der Waals surface area contributed by atoms with Gasteiger partial charge in [-0.1, -0.05) is 31.9 Å². The molecule has 0 aromatic heterocycles. The Balaban J connectivity index is 2.27. The van der Waals surface area contributed by atoms with Crippen molar-refractivity contribution in [2.24, 2.45) is 0 Å². The van der Waals surface area contributed by atoms with Crippen molar-refractivity contribution in [3.05, 3.63) is 62.3 Å². The maximum absolute atomic E-state index is 13.2. The van der Waals surface area contributed by atoms with Gasteiger partial charge in [0.25, 0.3) is 0 Å². The molecule has 5 heteroatoms. The van der Waals surface area contributed by atoms with Crippen LogP contribution in [0.2, 0.25) is 0 Å². The molecular formula is C14H12Br2FNO. The summed E-state index contributed by atoms with van der Waals surface area (Å²) in [5, 5.41) is 10.3. The zero-order valence-electron chi connectivity index (χ0n) is 9.91. The molecule has 0 saturated heterocycles. The van der Waals surface area contributed by atoms with Crippen LogP contribution < -0.4 is 5.73 Å². The largest absolute Gasteiger partial charge is 0.398 e. The first-order valence-electron chi connectivity index (χ1n) is 5.64. The van der Waals surface area contributed by atoms with E-state index in [0.29, 0.717) is 23.2 Å². The van der Waals surface area contributed by atoms with Gasteiger partial charge in [0.2, 0.25) is 0 Å². The number of nitrogens with two attached hydrogens (primary N) is 1. The Morgan fingerprint density at radius 2 is 1.89 bits per heavy atom. The van der Waals surface area contributed by atoms with Gasteiger partial charge in [-0.3, -0.25) is 0 Å². The highest BCUT2D eigenvalue weighted by Crippen LogP contribution is 2.29. The summed E-state index contributed by atoms with van der Waals surface area (Å²) in [6.07, 6.45) is -0.491. The number of hydrogen-bond donors (Lipinski definition) is 2. The molecule has 2 nitrogen and oxygen atoms in total. The monoisotopic (exact) mass is 387 g/mol. The van der Waals surface area contributed by atoms with Crippen LogP contribution in [-0.2, 0) is 6.42 Å². The molecule has 2 aromatic carbocycles. The summed E-state index contributed by atoms with van der Waals surface area (Å²) in [6.45, 7) is 0. The topological polar surface area (TPSA) is 46.2 Å². The molecule has 0 spiro atoms. The molecule has 0 bridgehead atoms. The van der Waals surface area contributed by atoms with Crippen LogP contribution in [0.4, 0.5) is 10.1 Å². The Morgan fingerprint density at radius 3 is 2.63 bits per heavy atom. The highest BCUT2D eigenvalue weighted by Gasteiger charge is 2.14. The summed E-state index contributed by atoms with van der Waals surface area (Å²) in [6, 6.07) is 9.71. The van der Waals surface area contributed by atoms with E-state index in [-0.39, 0.29) is 5.82 Å². The van der Waals surface area contributed by atoms with Gasteiger partial charge in [-0.05, 0) is 42.0 Å². The third-order valence-electron chi connectivity index (χ3n) is 2.83. The molecule has 0 radical (unpaired) electrons. The van der Waals surface area contributed by atoms with Crippen molar-refractivity contribution in [1.82, 2.24) is 0 Å². The Kier molecular flexibility index (Phi) is 4.60. The van der Waals surface area contributed by atoms with Crippen molar-refractivity contribution < 1.29 is 9.50 Å². The normalized spacial score (nSPS) is 12.4. The zero-order chi connectivity index (χ0) is 14.0. The Bertz CT molecular complexity index is 604. The summed E-state index contributed by atoms with van der Waals surface area (Å²) >= 11 is 6.69. The second-order valence-electron chi connectivity index (χ2n) is 4.23. The summed E-state index contributed by atoms with van der Waals surface area (Å²) in [5.74, 6) is -0.326. The van der Waals surface area contributed by atoms with Gasteiger partial charge in [-0.25, -0.2) is 4.39 Å². The van der Waals surface area contributed by atoms with Crippen molar-refractivity contribution >= 4 is 37.5 Å². The van der Waals surface area contributed by atoms with Gasteiger partial charge in [-0.15, -0.1) is 0 Å². The summed E-state index contributed by atoms with van der Waals surface area (Å²) in [5.41, 5.74) is 7.69. The van der Waals surface area contributed by atoms with Gasteiger partial charge in [0.1, 0.15) is 5.82 Å². The lowest BCUT2D eigenvalue weighted by atomic mass is 10.00. The van der Waals surface area contributed by atoms with Gasteiger partial charge < -0.3 is 10.8 Å². The molecule has 19 heavy (non-hydrogen) atoms. The molecule has 0 aliphatic heterocycles. The van der Waals surface area contributed by atoms with E-state index in [1.165, 1.54) is 12.1 Å². The number of aliphatic hydroxyl groups is 1. The van der Waals surface area contributed by atoms with E-state index in [2.05, 4.69) is 31.9 Å². The van der Waals surface area contributed by atoms with Crippen molar-refractivity contribution in [1.29, 1.82) is 0 Å². The van der Waals surface area contributed by atoms with Crippen LogP contribution in [0.15, 0.2) is 45.3 Å². The first-order chi connectivity index (χ1) is 8.97. The predicted octanol–water partition coefficient (Wildman–Crippen LogP) is 4.21. The van der Waals surface area contributed by atoms with E-state index in [0.717, 1.165) is 8.95 Å². The fourth-order valence-electron chi connectivity index (χ4n) is 1.85. The highest BCUT2D eigenvalue weighted by atomic mass is 79.9. The van der Waals surface area contributed by atoms with Gasteiger partial charge in [0.15, 0.2) is 0 Å². The number of hydrogen-bond acceptors (Lipinski definition) is 2. The minimum atomic E-state index is -0.782. The molecule has 3 N–H and O–H groups in total. The van der Waals surface area contributed by atoms with Crippen molar-refractivity contribution in [3.8, 4) is 0 Å². The lowest BCUT2D eigenvalue weighted by Crippen LogP contribution is -2.06. The predicted molar refractivity (Wildman–Crippen MR) is 81.3 cm³/mol. The van der Waals surface area contributed by atoms with Gasteiger partial charge in [0, 0.05) is 26.6 Å². The summed E-state index contributed by atoms with van der Waals surface area (Å²) < 4.78 is 14.8.